The van der Waals surface area contributed by atoms with Crippen molar-refractivity contribution < 1.29 is 0 Å². The summed E-state index contributed by atoms with van der Waals surface area (Å²) in [4.78, 5) is 0. The Bertz CT molecular complexity index is 196. The molecule has 0 heterocycles. The van der Waals surface area contributed by atoms with E-state index in [9.17, 15) is 0 Å². The van der Waals surface area contributed by atoms with Gasteiger partial charge in [0.2, 0.25) is 0 Å². The maximum absolute atomic E-state index is 2.43. The molecule has 0 saturated carbocycles. The van der Waals surface area contributed by atoms with Crippen LogP contribution in [0, 0.1) is 17.3 Å². The second-order valence-corrected chi connectivity index (χ2v) is 6.40. The highest BCUT2D eigenvalue weighted by Gasteiger charge is 2.15. The zero-order valence-electron chi connectivity index (χ0n) is 13.1. The van der Waals surface area contributed by atoms with E-state index in [1.807, 2.05) is 0 Å². The average Bonchev–Trinajstić information content (AvgIpc) is 2.32. The molecule has 0 heteroatoms. The van der Waals surface area contributed by atoms with Gasteiger partial charge in [-0.1, -0.05) is 60.1 Å². The van der Waals surface area contributed by atoms with Crippen LogP contribution in [0.15, 0.2) is 12.2 Å². The van der Waals surface area contributed by atoms with E-state index in [2.05, 4.69) is 53.7 Å². The summed E-state index contributed by atoms with van der Waals surface area (Å²) in [6, 6.07) is 0. The first-order valence-corrected chi connectivity index (χ1v) is 7.61. The Kier molecular flexibility index (Phi) is 8.64. The van der Waals surface area contributed by atoms with E-state index in [0.29, 0.717) is 5.41 Å². The molecule has 0 amide bonds. The summed E-state index contributed by atoms with van der Waals surface area (Å²) in [7, 11) is 0. The van der Waals surface area contributed by atoms with Crippen molar-refractivity contribution in [3.63, 3.8) is 0 Å². The molecule has 0 saturated heterocycles. The Morgan fingerprint density at radius 3 is 2.12 bits per heavy atom. The van der Waals surface area contributed by atoms with Gasteiger partial charge in [0.1, 0.15) is 0 Å². The fourth-order valence-electron chi connectivity index (χ4n) is 2.00. The van der Waals surface area contributed by atoms with Crippen LogP contribution in [-0.2, 0) is 0 Å². The third-order valence-corrected chi connectivity index (χ3v) is 4.27. The molecule has 0 aromatic heterocycles. The average molecular weight is 238 g/mol. The van der Waals surface area contributed by atoms with Gasteiger partial charge in [-0.25, -0.2) is 0 Å². The summed E-state index contributed by atoms with van der Waals surface area (Å²) >= 11 is 0. The van der Waals surface area contributed by atoms with Crippen LogP contribution >= 0.6 is 0 Å². The van der Waals surface area contributed by atoms with Gasteiger partial charge in [0.25, 0.3) is 0 Å². The number of allylic oxidation sites excluding steroid dienone is 2. The van der Waals surface area contributed by atoms with Crippen molar-refractivity contribution >= 4 is 0 Å². The Morgan fingerprint density at radius 1 is 1.06 bits per heavy atom. The zero-order chi connectivity index (χ0) is 13.3. The Balaban J connectivity index is 3.83. The molecule has 17 heavy (non-hydrogen) atoms. The van der Waals surface area contributed by atoms with Crippen LogP contribution in [0.3, 0.4) is 0 Å². The normalized spacial score (nSPS) is 14.8. The maximum atomic E-state index is 2.43. The van der Waals surface area contributed by atoms with Crippen LogP contribution in [0.2, 0.25) is 0 Å². The summed E-state index contributed by atoms with van der Waals surface area (Å²) in [5.74, 6) is 1.64. The first-order chi connectivity index (χ1) is 7.95. The van der Waals surface area contributed by atoms with Gasteiger partial charge < -0.3 is 0 Å². The lowest BCUT2D eigenvalue weighted by Crippen LogP contribution is -2.11. The second-order valence-electron chi connectivity index (χ2n) is 6.40. The molecule has 0 nitrogen and oxygen atoms in total. The van der Waals surface area contributed by atoms with Crippen molar-refractivity contribution in [2.75, 3.05) is 0 Å². The lowest BCUT2D eigenvalue weighted by molar-refractivity contribution is 0.288. The summed E-state index contributed by atoms with van der Waals surface area (Å²) in [5, 5.41) is 0. The predicted molar refractivity (Wildman–Crippen MR) is 80.3 cm³/mol. The van der Waals surface area contributed by atoms with E-state index in [4.69, 9.17) is 0 Å². The quantitative estimate of drug-likeness (QED) is 0.418. The van der Waals surface area contributed by atoms with Crippen LogP contribution in [0.25, 0.3) is 0 Å². The molecule has 0 fully saturated rings. The standard InChI is InChI=1S/C17H34/c1-7-16(8-2)12-10-11-15(4)13-14-17(5,6)9-3/h10,12,15-16H,7-9,11,13-14H2,1-6H3. The van der Waals surface area contributed by atoms with Gasteiger partial charge in [-0.3, -0.25) is 0 Å². The van der Waals surface area contributed by atoms with E-state index in [0.717, 1.165) is 11.8 Å². The minimum absolute atomic E-state index is 0.535. The molecule has 0 aliphatic rings. The largest absolute Gasteiger partial charge is 0.0880 e. The van der Waals surface area contributed by atoms with Crippen molar-refractivity contribution in [1.29, 1.82) is 0 Å². The van der Waals surface area contributed by atoms with Crippen LogP contribution in [-0.4, -0.2) is 0 Å². The number of hydrogen-bond donors (Lipinski definition) is 0. The highest BCUT2D eigenvalue weighted by molar-refractivity contribution is 4.88. The van der Waals surface area contributed by atoms with Gasteiger partial charge in [-0.05, 0) is 49.4 Å². The van der Waals surface area contributed by atoms with Gasteiger partial charge in [0, 0.05) is 0 Å². The Labute approximate surface area is 110 Å². The topological polar surface area (TPSA) is 0 Å². The molecule has 0 radical (unpaired) electrons. The van der Waals surface area contributed by atoms with Crippen molar-refractivity contribution in [2.45, 2.75) is 80.1 Å². The SMILES string of the molecule is CCC(C=CCC(C)CCC(C)(C)CC)CC. The molecule has 0 spiro atoms. The Hall–Kier alpha value is -0.260. The van der Waals surface area contributed by atoms with Crippen LogP contribution in [0.1, 0.15) is 80.1 Å². The third-order valence-electron chi connectivity index (χ3n) is 4.27. The Morgan fingerprint density at radius 2 is 1.65 bits per heavy atom. The van der Waals surface area contributed by atoms with Crippen LogP contribution < -0.4 is 0 Å². The van der Waals surface area contributed by atoms with Crippen LogP contribution in [0.5, 0.6) is 0 Å². The fraction of sp³-hybridized carbons (Fsp3) is 0.882. The van der Waals surface area contributed by atoms with E-state index in [-0.39, 0.29) is 0 Å². The smallest absolute Gasteiger partial charge is 0.0239 e. The number of rotatable bonds is 9. The highest BCUT2D eigenvalue weighted by atomic mass is 14.2. The van der Waals surface area contributed by atoms with Gasteiger partial charge in [0.15, 0.2) is 0 Å². The van der Waals surface area contributed by atoms with Gasteiger partial charge >= 0.3 is 0 Å². The van der Waals surface area contributed by atoms with E-state index in [1.165, 1.54) is 38.5 Å². The van der Waals surface area contributed by atoms with Crippen molar-refractivity contribution in [1.82, 2.24) is 0 Å². The van der Waals surface area contributed by atoms with Crippen molar-refractivity contribution in [2.24, 2.45) is 17.3 Å². The maximum Gasteiger partial charge on any atom is -0.0239 e. The minimum atomic E-state index is 0.535. The first-order valence-electron chi connectivity index (χ1n) is 7.61. The summed E-state index contributed by atoms with van der Waals surface area (Å²) in [6.45, 7) is 14.0. The third kappa shape index (κ3) is 8.46. The molecule has 0 aromatic carbocycles. The molecule has 102 valence electrons. The lowest BCUT2D eigenvalue weighted by Gasteiger charge is -2.24. The minimum Gasteiger partial charge on any atom is -0.0880 e. The molecule has 0 rings (SSSR count). The summed E-state index contributed by atoms with van der Waals surface area (Å²) in [5.41, 5.74) is 0.535. The second kappa shape index (κ2) is 8.78. The van der Waals surface area contributed by atoms with Gasteiger partial charge in [-0.2, -0.15) is 0 Å². The molecule has 0 aliphatic carbocycles. The molecule has 0 aliphatic heterocycles. The van der Waals surface area contributed by atoms with E-state index >= 15 is 0 Å². The molecule has 1 atom stereocenters. The summed E-state index contributed by atoms with van der Waals surface area (Å²) < 4.78 is 0. The van der Waals surface area contributed by atoms with Crippen LogP contribution in [0.4, 0.5) is 0 Å². The van der Waals surface area contributed by atoms with E-state index < -0.39 is 0 Å². The van der Waals surface area contributed by atoms with Gasteiger partial charge in [-0.15, -0.1) is 0 Å². The molecular weight excluding hydrogens is 204 g/mol. The fourth-order valence-corrected chi connectivity index (χ4v) is 2.00. The van der Waals surface area contributed by atoms with Crippen molar-refractivity contribution in [3.8, 4) is 0 Å². The molecule has 0 aromatic rings. The lowest BCUT2D eigenvalue weighted by atomic mass is 9.82. The zero-order valence-corrected chi connectivity index (χ0v) is 13.1. The van der Waals surface area contributed by atoms with Crippen molar-refractivity contribution in [3.05, 3.63) is 12.2 Å². The first kappa shape index (κ1) is 16.7. The van der Waals surface area contributed by atoms with E-state index in [1.54, 1.807) is 0 Å². The monoisotopic (exact) mass is 238 g/mol. The molecule has 0 N–H and O–H groups in total. The predicted octanol–water partition coefficient (Wildman–Crippen LogP) is 6.22. The number of hydrogen-bond acceptors (Lipinski definition) is 0. The molecular formula is C17H34. The highest BCUT2D eigenvalue weighted by Crippen LogP contribution is 2.29. The van der Waals surface area contributed by atoms with Gasteiger partial charge in [0.05, 0.1) is 0 Å². The molecule has 0 bridgehead atoms. The summed E-state index contributed by atoms with van der Waals surface area (Å²) in [6.07, 6.45) is 12.7. The molecule has 1 unspecified atom stereocenters.